The monoisotopic (exact) mass is 725 g/mol. The third-order valence-corrected chi connectivity index (χ3v) is 9.00. The number of imidazole rings is 1. The van der Waals surface area contributed by atoms with Crippen LogP contribution in [-0.2, 0) is 27.4 Å². The number of carbonyl (C=O) groups is 2. The smallest absolute Gasteiger partial charge is 0.302 e. The average Bonchev–Trinajstić information content (AvgIpc) is 3.43. The minimum absolute atomic E-state index is 0.0233. The van der Waals surface area contributed by atoms with E-state index in [0.717, 1.165) is 33.5 Å². The first-order valence-corrected chi connectivity index (χ1v) is 16.6. The second kappa shape index (κ2) is 16.5. The molecule has 49 heavy (non-hydrogen) atoms. The van der Waals surface area contributed by atoms with Crippen LogP contribution in [0.25, 0.3) is 22.4 Å². The van der Waals surface area contributed by atoms with Gasteiger partial charge in [-0.2, -0.15) is 0 Å². The van der Waals surface area contributed by atoms with Gasteiger partial charge in [0.15, 0.2) is 0 Å². The molecule has 256 valence electrons. The number of aliphatic hydroxyl groups is 1. The molecule has 4 aromatic carbocycles. The second-order valence-electron chi connectivity index (χ2n) is 11.5. The SMILES string of the molecule is CC(=O)OCCN(CCO)c1ccc(-c2nc3cc(C(CC(N)=O)NCc4ccc(Cl)c(Cl)c4)ccc3n2Cc2ccc(F)c(Cl)c2)cc1. The van der Waals surface area contributed by atoms with E-state index in [9.17, 15) is 19.1 Å². The van der Waals surface area contributed by atoms with Gasteiger partial charge in [-0.1, -0.05) is 53.0 Å². The Kier molecular flexibility index (Phi) is 12.1. The van der Waals surface area contributed by atoms with Crippen LogP contribution in [0, 0.1) is 5.82 Å². The van der Waals surface area contributed by atoms with E-state index in [0.29, 0.717) is 47.6 Å². The normalized spacial score (nSPS) is 11.9. The number of anilines is 1. The molecular formula is C36H35Cl3FN5O4. The summed E-state index contributed by atoms with van der Waals surface area (Å²) in [6.07, 6.45) is 0.0533. The van der Waals surface area contributed by atoms with Crippen LogP contribution >= 0.6 is 34.8 Å². The van der Waals surface area contributed by atoms with Gasteiger partial charge < -0.3 is 30.4 Å². The van der Waals surface area contributed by atoms with E-state index < -0.39 is 17.8 Å². The van der Waals surface area contributed by atoms with Crippen LogP contribution in [0.1, 0.15) is 36.1 Å². The van der Waals surface area contributed by atoms with Crippen molar-refractivity contribution in [2.75, 3.05) is 31.2 Å². The highest BCUT2D eigenvalue weighted by Gasteiger charge is 2.19. The molecule has 0 radical (unpaired) electrons. The topological polar surface area (TPSA) is 123 Å². The maximum Gasteiger partial charge on any atom is 0.302 e. The van der Waals surface area contributed by atoms with Crippen LogP contribution in [0.15, 0.2) is 78.9 Å². The van der Waals surface area contributed by atoms with Crippen molar-refractivity contribution in [2.45, 2.75) is 32.5 Å². The fraction of sp³-hybridized carbons (Fsp3) is 0.250. The molecular weight excluding hydrogens is 692 g/mol. The predicted octanol–water partition coefficient (Wildman–Crippen LogP) is 6.92. The molecule has 5 rings (SSSR count). The average molecular weight is 727 g/mol. The number of nitrogens with one attached hydrogen (secondary N) is 1. The van der Waals surface area contributed by atoms with Gasteiger partial charge in [0.1, 0.15) is 18.2 Å². The summed E-state index contributed by atoms with van der Waals surface area (Å²) < 4.78 is 21.1. The van der Waals surface area contributed by atoms with Crippen LogP contribution < -0.4 is 16.0 Å². The number of halogens is 4. The number of benzene rings is 4. The van der Waals surface area contributed by atoms with Gasteiger partial charge in [0.05, 0.1) is 39.3 Å². The number of aromatic nitrogens is 2. The first kappa shape index (κ1) is 36.1. The number of aliphatic hydroxyl groups excluding tert-OH is 1. The summed E-state index contributed by atoms with van der Waals surface area (Å²) in [5, 5.41) is 13.9. The quantitative estimate of drug-likeness (QED) is 0.100. The second-order valence-corrected chi connectivity index (χ2v) is 12.7. The van der Waals surface area contributed by atoms with Crippen molar-refractivity contribution in [1.29, 1.82) is 0 Å². The Morgan fingerprint density at radius 3 is 2.37 bits per heavy atom. The molecule has 1 heterocycles. The standard InChI is InChI=1S/C36H35Cl3FN5O4/c1-22(47)49-15-13-44(12-14-46)27-7-4-25(5-8-27)36-43-33-18-26(6-11-34(33)45(36)21-24-3-10-31(40)30(39)17-24)32(19-35(41)48)42-20-23-2-9-28(37)29(38)16-23/h2-11,16-18,32,42,46H,12-15,19-21H2,1H3,(H2,41,48). The van der Waals surface area contributed by atoms with Crippen molar-refractivity contribution < 1.29 is 23.8 Å². The number of fused-ring (bicyclic) bond motifs is 1. The molecule has 1 atom stereocenters. The van der Waals surface area contributed by atoms with Crippen molar-refractivity contribution in [2.24, 2.45) is 5.73 Å². The summed E-state index contributed by atoms with van der Waals surface area (Å²) in [5.74, 6) is -0.680. The van der Waals surface area contributed by atoms with E-state index >= 15 is 0 Å². The van der Waals surface area contributed by atoms with E-state index in [1.54, 1.807) is 24.3 Å². The molecule has 0 aliphatic rings. The van der Waals surface area contributed by atoms with Gasteiger partial charge in [0.2, 0.25) is 5.91 Å². The van der Waals surface area contributed by atoms with E-state index in [-0.39, 0.29) is 30.6 Å². The first-order valence-electron chi connectivity index (χ1n) is 15.5. The lowest BCUT2D eigenvalue weighted by atomic mass is 10.0. The Morgan fingerprint density at radius 2 is 1.69 bits per heavy atom. The van der Waals surface area contributed by atoms with Crippen molar-refractivity contribution in [1.82, 2.24) is 14.9 Å². The number of nitrogens with zero attached hydrogens (tertiary/aromatic N) is 3. The third kappa shape index (κ3) is 9.29. The van der Waals surface area contributed by atoms with Crippen LogP contribution in [0.2, 0.25) is 15.1 Å². The Hall–Kier alpha value is -4.19. The molecule has 0 saturated carbocycles. The zero-order chi connectivity index (χ0) is 35.1. The number of ether oxygens (including phenoxy) is 1. The zero-order valence-corrected chi connectivity index (χ0v) is 28.9. The van der Waals surface area contributed by atoms with Gasteiger partial charge in [0.25, 0.3) is 0 Å². The lowest BCUT2D eigenvalue weighted by Gasteiger charge is -2.24. The predicted molar refractivity (Wildman–Crippen MR) is 191 cm³/mol. The van der Waals surface area contributed by atoms with E-state index in [4.69, 9.17) is 50.3 Å². The van der Waals surface area contributed by atoms with E-state index in [2.05, 4.69) is 5.32 Å². The Labute approximate surface area is 298 Å². The lowest BCUT2D eigenvalue weighted by molar-refractivity contribution is -0.140. The number of esters is 1. The molecule has 0 aliphatic heterocycles. The van der Waals surface area contributed by atoms with Gasteiger partial charge in [-0.3, -0.25) is 9.59 Å². The molecule has 1 amide bonds. The van der Waals surface area contributed by atoms with Gasteiger partial charge in [-0.15, -0.1) is 0 Å². The molecule has 1 unspecified atom stereocenters. The van der Waals surface area contributed by atoms with Crippen molar-refractivity contribution in [3.8, 4) is 11.4 Å². The Morgan fingerprint density at radius 1 is 0.959 bits per heavy atom. The highest BCUT2D eigenvalue weighted by Crippen LogP contribution is 2.31. The van der Waals surface area contributed by atoms with E-state index in [1.807, 2.05) is 58.0 Å². The fourth-order valence-corrected chi connectivity index (χ4v) is 6.10. The third-order valence-electron chi connectivity index (χ3n) is 7.97. The highest BCUT2D eigenvalue weighted by molar-refractivity contribution is 6.42. The number of primary amides is 1. The van der Waals surface area contributed by atoms with Crippen LogP contribution in [0.4, 0.5) is 10.1 Å². The Balaban J connectivity index is 1.51. The molecule has 5 aromatic rings. The zero-order valence-electron chi connectivity index (χ0n) is 26.6. The van der Waals surface area contributed by atoms with Gasteiger partial charge >= 0.3 is 5.97 Å². The van der Waals surface area contributed by atoms with Gasteiger partial charge in [-0.05, 0) is 77.4 Å². The summed E-state index contributed by atoms with van der Waals surface area (Å²) >= 11 is 18.4. The number of rotatable bonds is 15. The molecule has 9 nitrogen and oxygen atoms in total. The summed E-state index contributed by atoms with van der Waals surface area (Å²) in [6, 6.07) is 23.0. The molecule has 0 aliphatic carbocycles. The number of amides is 1. The summed E-state index contributed by atoms with van der Waals surface area (Å²) in [7, 11) is 0. The molecule has 1 aromatic heterocycles. The summed E-state index contributed by atoms with van der Waals surface area (Å²) in [4.78, 5) is 30.3. The van der Waals surface area contributed by atoms with Crippen molar-refractivity contribution in [3.63, 3.8) is 0 Å². The molecule has 0 spiro atoms. The van der Waals surface area contributed by atoms with Crippen LogP contribution in [0.3, 0.4) is 0 Å². The van der Waals surface area contributed by atoms with Crippen molar-refractivity contribution in [3.05, 3.63) is 116 Å². The fourth-order valence-electron chi connectivity index (χ4n) is 5.58. The summed E-state index contributed by atoms with van der Waals surface area (Å²) in [5.41, 5.74) is 11.3. The highest BCUT2D eigenvalue weighted by atomic mass is 35.5. The van der Waals surface area contributed by atoms with Gasteiger partial charge in [-0.25, -0.2) is 9.37 Å². The molecule has 4 N–H and O–H groups in total. The van der Waals surface area contributed by atoms with Crippen LogP contribution in [0.5, 0.6) is 0 Å². The maximum atomic E-state index is 14.0. The minimum Gasteiger partial charge on any atom is -0.464 e. The molecule has 0 fully saturated rings. The number of hydrogen-bond donors (Lipinski definition) is 3. The molecule has 13 heteroatoms. The maximum absolute atomic E-state index is 14.0. The number of carbonyl (C=O) groups excluding carboxylic acids is 2. The van der Waals surface area contributed by atoms with E-state index in [1.165, 1.54) is 13.0 Å². The number of hydrogen-bond acceptors (Lipinski definition) is 7. The van der Waals surface area contributed by atoms with Crippen LogP contribution in [-0.4, -0.2) is 52.8 Å². The summed E-state index contributed by atoms with van der Waals surface area (Å²) in [6.45, 7) is 3.02. The number of nitrogens with two attached hydrogens (primary N) is 1. The largest absolute Gasteiger partial charge is 0.464 e. The molecule has 0 bridgehead atoms. The molecule has 0 saturated heterocycles. The Bertz CT molecular complexity index is 1950. The lowest BCUT2D eigenvalue weighted by Crippen LogP contribution is -2.30. The van der Waals surface area contributed by atoms with Crippen molar-refractivity contribution >= 4 is 63.4 Å². The minimum atomic E-state index is -0.503. The first-order chi connectivity index (χ1) is 23.5. The van der Waals surface area contributed by atoms with Gasteiger partial charge in [0, 0.05) is 50.3 Å².